The van der Waals surface area contributed by atoms with Gasteiger partial charge in [0.25, 0.3) is 11.6 Å². The lowest BCUT2D eigenvalue weighted by Crippen LogP contribution is -2.24. The van der Waals surface area contributed by atoms with Crippen molar-refractivity contribution in [2.45, 2.75) is 6.92 Å². The Morgan fingerprint density at radius 1 is 1.19 bits per heavy atom. The standard InChI is InChI=1S/C18H17N3O6/c1-2-26-18(23)13-7-9-15(10-8-13)27-12-17(22)20-19-11-14-5-3-4-6-16(14)21(24)25/h3-11H,2,12H2,1H3,(H,20,22)/b19-11+. The molecule has 9 heteroatoms. The summed E-state index contributed by atoms with van der Waals surface area (Å²) < 4.78 is 10.1. The Labute approximate surface area is 154 Å². The molecule has 0 radical (unpaired) electrons. The van der Waals surface area contributed by atoms with Crippen LogP contribution in [0.5, 0.6) is 5.75 Å². The van der Waals surface area contributed by atoms with E-state index in [2.05, 4.69) is 10.5 Å². The molecule has 2 aromatic carbocycles. The highest BCUT2D eigenvalue weighted by Gasteiger charge is 2.10. The molecule has 0 fully saturated rings. The van der Waals surface area contributed by atoms with Crippen LogP contribution in [-0.2, 0) is 9.53 Å². The first-order valence-corrected chi connectivity index (χ1v) is 7.96. The molecule has 2 rings (SSSR count). The summed E-state index contributed by atoms with van der Waals surface area (Å²) >= 11 is 0. The van der Waals surface area contributed by atoms with Crippen molar-refractivity contribution in [2.75, 3.05) is 13.2 Å². The monoisotopic (exact) mass is 371 g/mol. The van der Waals surface area contributed by atoms with E-state index in [0.29, 0.717) is 11.3 Å². The predicted molar refractivity (Wildman–Crippen MR) is 96.7 cm³/mol. The molecule has 1 amide bonds. The summed E-state index contributed by atoms with van der Waals surface area (Å²) in [5, 5.41) is 14.6. The van der Waals surface area contributed by atoms with Crippen LogP contribution in [0, 0.1) is 10.1 Å². The van der Waals surface area contributed by atoms with E-state index in [1.54, 1.807) is 13.0 Å². The van der Waals surface area contributed by atoms with Crippen LogP contribution in [0.4, 0.5) is 5.69 Å². The number of carbonyl (C=O) groups is 2. The zero-order chi connectivity index (χ0) is 19.6. The van der Waals surface area contributed by atoms with Crippen LogP contribution < -0.4 is 10.2 Å². The molecule has 0 heterocycles. The maximum atomic E-state index is 11.7. The van der Waals surface area contributed by atoms with E-state index in [0.717, 1.165) is 0 Å². The van der Waals surface area contributed by atoms with Gasteiger partial charge in [0.2, 0.25) is 0 Å². The summed E-state index contributed by atoms with van der Waals surface area (Å²) in [5.41, 5.74) is 2.75. The van der Waals surface area contributed by atoms with Gasteiger partial charge in [0, 0.05) is 6.07 Å². The lowest BCUT2D eigenvalue weighted by molar-refractivity contribution is -0.385. The summed E-state index contributed by atoms with van der Waals surface area (Å²) in [6, 6.07) is 12.1. The molecule has 0 aliphatic heterocycles. The van der Waals surface area contributed by atoms with Gasteiger partial charge >= 0.3 is 5.97 Å². The van der Waals surface area contributed by atoms with Gasteiger partial charge in [-0.05, 0) is 37.3 Å². The Morgan fingerprint density at radius 2 is 1.89 bits per heavy atom. The van der Waals surface area contributed by atoms with Gasteiger partial charge in [0.05, 0.1) is 28.9 Å². The van der Waals surface area contributed by atoms with Crippen LogP contribution in [-0.4, -0.2) is 36.2 Å². The first-order chi connectivity index (χ1) is 13.0. The topological polar surface area (TPSA) is 120 Å². The predicted octanol–water partition coefficient (Wildman–Crippen LogP) is 2.30. The average Bonchev–Trinajstić information content (AvgIpc) is 2.67. The molecule has 0 atom stereocenters. The third-order valence-corrected chi connectivity index (χ3v) is 3.26. The third kappa shape index (κ3) is 5.92. The molecule has 0 spiro atoms. The van der Waals surface area contributed by atoms with Crippen molar-refractivity contribution in [1.29, 1.82) is 0 Å². The van der Waals surface area contributed by atoms with Gasteiger partial charge in [-0.25, -0.2) is 10.2 Å². The molecule has 1 N–H and O–H groups in total. The van der Waals surface area contributed by atoms with Crippen LogP contribution in [0.15, 0.2) is 53.6 Å². The molecule has 0 unspecified atom stereocenters. The first kappa shape index (κ1) is 19.6. The van der Waals surface area contributed by atoms with E-state index in [1.807, 2.05) is 0 Å². The van der Waals surface area contributed by atoms with E-state index >= 15 is 0 Å². The second kappa shape index (κ2) is 9.66. The van der Waals surface area contributed by atoms with Crippen molar-refractivity contribution >= 4 is 23.8 Å². The lowest BCUT2D eigenvalue weighted by atomic mass is 10.2. The van der Waals surface area contributed by atoms with Crippen molar-refractivity contribution in [3.63, 3.8) is 0 Å². The number of esters is 1. The number of benzene rings is 2. The number of para-hydroxylation sites is 1. The Bertz CT molecular complexity index is 848. The highest BCUT2D eigenvalue weighted by Crippen LogP contribution is 2.15. The van der Waals surface area contributed by atoms with Gasteiger partial charge in [0.15, 0.2) is 6.61 Å². The van der Waals surface area contributed by atoms with Crippen LogP contribution >= 0.6 is 0 Å². The van der Waals surface area contributed by atoms with E-state index in [4.69, 9.17) is 9.47 Å². The third-order valence-electron chi connectivity index (χ3n) is 3.26. The molecule has 0 saturated carbocycles. The van der Waals surface area contributed by atoms with Crippen molar-refractivity contribution in [2.24, 2.45) is 5.10 Å². The van der Waals surface area contributed by atoms with Crippen LogP contribution in [0.1, 0.15) is 22.8 Å². The molecule has 9 nitrogen and oxygen atoms in total. The largest absolute Gasteiger partial charge is 0.484 e. The molecular weight excluding hydrogens is 354 g/mol. The number of nitrogens with zero attached hydrogens (tertiary/aromatic N) is 2. The van der Waals surface area contributed by atoms with E-state index < -0.39 is 16.8 Å². The van der Waals surface area contributed by atoms with Gasteiger partial charge < -0.3 is 9.47 Å². The molecule has 0 bridgehead atoms. The Kier molecular flexibility index (Phi) is 7.00. The van der Waals surface area contributed by atoms with Crippen LogP contribution in [0.25, 0.3) is 0 Å². The van der Waals surface area contributed by atoms with Gasteiger partial charge in [-0.1, -0.05) is 12.1 Å². The van der Waals surface area contributed by atoms with Crippen molar-refractivity contribution in [3.8, 4) is 5.75 Å². The molecule has 0 aliphatic carbocycles. The Balaban J connectivity index is 1.84. The molecule has 0 saturated heterocycles. The number of rotatable bonds is 8. The molecule has 140 valence electrons. The zero-order valence-electron chi connectivity index (χ0n) is 14.5. The number of nitrogens with one attached hydrogen (secondary N) is 1. The number of hydrazone groups is 1. The van der Waals surface area contributed by atoms with Crippen LogP contribution in [0.3, 0.4) is 0 Å². The Hall–Kier alpha value is -3.75. The number of ether oxygens (including phenoxy) is 2. The van der Waals surface area contributed by atoms with E-state index in [-0.39, 0.29) is 24.5 Å². The summed E-state index contributed by atoms with van der Waals surface area (Å²) in [7, 11) is 0. The minimum atomic E-state index is -0.542. The number of nitro benzene ring substituents is 1. The average molecular weight is 371 g/mol. The number of nitro groups is 1. The Morgan fingerprint density at radius 3 is 2.56 bits per heavy atom. The first-order valence-electron chi connectivity index (χ1n) is 7.96. The van der Waals surface area contributed by atoms with Gasteiger partial charge in [-0.2, -0.15) is 5.10 Å². The van der Waals surface area contributed by atoms with Gasteiger partial charge in [-0.15, -0.1) is 0 Å². The summed E-state index contributed by atoms with van der Waals surface area (Å²) in [6.07, 6.45) is 1.18. The normalized spacial score (nSPS) is 10.4. The highest BCUT2D eigenvalue weighted by atomic mass is 16.6. The molecular formula is C18H17N3O6. The number of carbonyl (C=O) groups excluding carboxylic acids is 2. The number of hydrogen-bond donors (Lipinski definition) is 1. The minimum absolute atomic E-state index is 0.117. The second-order valence-electron chi connectivity index (χ2n) is 5.14. The number of amides is 1. The van der Waals surface area contributed by atoms with E-state index in [9.17, 15) is 19.7 Å². The van der Waals surface area contributed by atoms with Crippen molar-refractivity contribution in [1.82, 2.24) is 5.43 Å². The van der Waals surface area contributed by atoms with Gasteiger partial charge in [-0.3, -0.25) is 14.9 Å². The molecule has 27 heavy (non-hydrogen) atoms. The zero-order valence-corrected chi connectivity index (χ0v) is 14.5. The highest BCUT2D eigenvalue weighted by molar-refractivity contribution is 5.89. The van der Waals surface area contributed by atoms with Crippen molar-refractivity contribution < 1.29 is 24.0 Å². The fourth-order valence-corrected chi connectivity index (χ4v) is 2.02. The fraction of sp³-hybridized carbons (Fsp3) is 0.167. The molecule has 0 aliphatic rings. The van der Waals surface area contributed by atoms with Crippen molar-refractivity contribution in [3.05, 3.63) is 69.8 Å². The number of hydrogen-bond acceptors (Lipinski definition) is 7. The van der Waals surface area contributed by atoms with Crippen LogP contribution in [0.2, 0.25) is 0 Å². The summed E-state index contributed by atoms with van der Waals surface area (Å²) in [4.78, 5) is 33.6. The molecule has 2 aromatic rings. The lowest BCUT2D eigenvalue weighted by Gasteiger charge is -2.06. The summed E-state index contributed by atoms with van der Waals surface area (Å²) in [5.74, 6) is -0.591. The maximum absolute atomic E-state index is 11.7. The minimum Gasteiger partial charge on any atom is -0.484 e. The smallest absolute Gasteiger partial charge is 0.338 e. The second-order valence-corrected chi connectivity index (χ2v) is 5.14. The molecule has 0 aromatic heterocycles. The maximum Gasteiger partial charge on any atom is 0.338 e. The van der Waals surface area contributed by atoms with E-state index in [1.165, 1.54) is 48.7 Å². The fourth-order valence-electron chi connectivity index (χ4n) is 2.02. The van der Waals surface area contributed by atoms with Gasteiger partial charge in [0.1, 0.15) is 5.75 Å². The quantitative estimate of drug-likeness (QED) is 0.329. The summed E-state index contributed by atoms with van der Waals surface area (Å²) in [6.45, 7) is 1.68. The SMILES string of the molecule is CCOC(=O)c1ccc(OCC(=O)N/N=C/c2ccccc2[N+](=O)[O-])cc1.